The summed E-state index contributed by atoms with van der Waals surface area (Å²) in [5.74, 6) is 0.455. The van der Waals surface area contributed by atoms with E-state index < -0.39 is 0 Å². The number of unbranched alkanes of at least 4 members (excludes halogenated alkanes) is 1. The van der Waals surface area contributed by atoms with E-state index in [0.717, 1.165) is 44.3 Å². The van der Waals surface area contributed by atoms with Gasteiger partial charge in [0.15, 0.2) is 0 Å². The molecule has 1 aliphatic heterocycles. The smallest absolute Gasteiger partial charge is 0.227 e. The van der Waals surface area contributed by atoms with Crippen LogP contribution in [0.25, 0.3) is 0 Å². The lowest BCUT2D eigenvalue weighted by molar-refractivity contribution is -0.123. The maximum Gasteiger partial charge on any atom is 0.227 e. The van der Waals surface area contributed by atoms with Crippen LogP contribution in [0.5, 0.6) is 0 Å². The zero-order chi connectivity index (χ0) is 18.2. The molecule has 0 spiro atoms. The first-order chi connectivity index (χ1) is 12.8. The van der Waals surface area contributed by atoms with Gasteiger partial charge >= 0.3 is 0 Å². The van der Waals surface area contributed by atoms with Crippen molar-refractivity contribution in [2.45, 2.75) is 50.5 Å². The molecule has 0 aromatic heterocycles. The molecule has 3 nitrogen and oxygen atoms in total. The van der Waals surface area contributed by atoms with Crippen molar-refractivity contribution in [1.82, 2.24) is 10.6 Å². The molecule has 3 heteroatoms. The van der Waals surface area contributed by atoms with E-state index in [0.29, 0.717) is 5.92 Å². The lowest BCUT2D eigenvalue weighted by atomic mass is 9.85. The number of hydrogen-bond donors (Lipinski definition) is 2. The first kappa shape index (κ1) is 18.7. The largest absolute Gasteiger partial charge is 0.352 e. The van der Waals surface area contributed by atoms with Gasteiger partial charge in [0.1, 0.15) is 0 Å². The highest BCUT2D eigenvalue weighted by Gasteiger charge is 2.30. The van der Waals surface area contributed by atoms with Crippen LogP contribution >= 0.6 is 0 Å². The molecule has 1 amide bonds. The second-order valence-electron chi connectivity index (χ2n) is 7.23. The summed E-state index contributed by atoms with van der Waals surface area (Å²) < 4.78 is 0. The third-order valence-corrected chi connectivity index (χ3v) is 5.40. The molecule has 0 radical (unpaired) electrons. The summed E-state index contributed by atoms with van der Waals surface area (Å²) in [6.07, 6.45) is 4.06. The molecule has 3 unspecified atom stereocenters. The normalized spacial score (nSPS) is 21.1. The van der Waals surface area contributed by atoms with Gasteiger partial charge < -0.3 is 10.6 Å². The number of piperidine rings is 1. The average molecular weight is 351 g/mol. The monoisotopic (exact) mass is 350 g/mol. The Balaban J connectivity index is 1.74. The van der Waals surface area contributed by atoms with Gasteiger partial charge in [-0.25, -0.2) is 0 Å². The van der Waals surface area contributed by atoms with Crippen molar-refractivity contribution in [3.8, 4) is 0 Å². The summed E-state index contributed by atoms with van der Waals surface area (Å²) in [6.45, 7) is 4.05. The second kappa shape index (κ2) is 9.54. The number of benzene rings is 2. The maximum absolute atomic E-state index is 13.2. The van der Waals surface area contributed by atoms with E-state index in [9.17, 15) is 4.79 Å². The molecule has 138 valence electrons. The molecule has 0 bridgehead atoms. The summed E-state index contributed by atoms with van der Waals surface area (Å²) in [5.41, 5.74) is 2.43. The number of rotatable bonds is 7. The Morgan fingerprint density at radius 2 is 1.81 bits per heavy atom. The number of amides is 1. The van der Waals surface area contributed by atoms with Crippen LogP contribution in [0.15, 0.2) is 60.7 Å². The molecule has 0 saturated carbocycles. The average Bonchev–Trinajstić information content (AvgIpc) is 2.70. The van der Waals surface area contributed by atoms with Crippen molar-refractivity contribution in [1.29, 1.82) is 0 Å². The van der Waals surface area contributed by atoms with Gasteiger partial charge in [-0.1, -0.05) is 80.4 Å². The van der Waals surface area contributed by atoms with Crippen LogP contribution in [-0.4, -0.2) is 25.0 Å². The lowest BCUT2D eigenvalue weighted by Crippen LogP contribution is -2.49. The summed E-state index contributed by atoms with van der Waals surface area (Å²) in [6, 6.07) is 21.0. The Hall–Kier alpha value is -2.13. The van der Waals surface area contributed by atoms with Crippen LogP contribution in [0.2, 0.25) is 0 Å². The molecule has 3 rings (SSSR count). The van der Waals surface area contributed by atoms with Gasteiger partial charge in [-0.05, 0) is 30.5 Å². The molecule has 1 aliphatic rings. The van der Waals surface area contributed by atoms with Crippen molar-refractivity contribution >= 4 is 5.91 Å². The van der Waals surface area contributed by atoms with Gasteiger partial charge in [-0.3, -0.25) is 4.79 Å². The molecule has 2 N–H and O–H groups in total. The second-order valence-corrected chi connectivity index (χ2v) is 7.23. The molecule has 1 fully saturated rings. The Bertz CT molecular complexity index is 671. The van der Waals surface area contributed by atoms with Crippen molar-refractivity contribution in [3.05, 3.63) is 71.8 Å². The lowest BCUT2D eigenvalue weighted by Gasteiger charge is -2.34. The van der Waals surface area contributed by atoms with Gasteiger partial charge in [-0.2, -0.15) is 0 Å². The summed E-state index contributed by atoms with van der Waals surface area (Å²) in [4.78, 5) is 13.2. The third-order valence-electron chi connectivity index (χ3n) is 5.40. The van der Waals surface area contributed by atoms with Crippen molar-refractivity contribution in [3.63, 3.8) is 0 Å². The van der Waals surface area contributed by atoms with Crippen LogP contribution in [0.4, 0.5) is 0 Å². The van der Waals surface area contributed by atoms with Gasteiger partial charge in [0.25, 0.3) is 0 Å². The van der Waals surface area contributed by atoms with Crippen molar-refractivity contribution in [2.24, 2.45) is 0 Å². The van der Waals surface area contributed by atoms with E-state index >= 15 is 0 Å². The molecular formula is C23H30N2O. The minimum absolute atomic E-state index is 0.0533. The molecule has 0 aliphatic carbocycles. The molecule has 1 heterocycles. The van der Waals surface area contributed by atoms with Crippen molar-refractivity contribution < 1.29 is 4.79 Å². The van der Waals surface area contributed by atoms with E-state index in [1.807, 2.05) is 24.3 Å². The minimum atomic E-state index is -0.0533. The van der Waals surface area contributed by atoms with Crippen LogP contribution in [-0.2, 0) is 4.79 Å². The molecule has 26 heavy (non-hydrogen) atoms. The van der Waals surface area contributed by atoms with Crippen LogP contribution in [0.1, 0.15) is 55.6 Å². The van der Waals surface area contributed by atoms with E-state index in [2.05, 4.69) is 54.0 Å². The maximum atomic E-state index is 13.2. The Morgan fingerprint density at radius 3 is 2.50 bits per heavy atom. The Labute approximate surface area is 157 Å². The van der Waals surface area contributed by atoms with Gasteiger partial charge in [0.2, 0.25) is 5.91 Å². The van der Waals surface area contributed by atoms with E-state index in [4.69, 9.17) is 0 Å². The fourth-order valence-electron chi connectivity index (χ4n) is 3.91. The molecule has 3 atom stereocenters. The van der Waals surface area contributed by atoms with E-state index in [1.165, 1.54) is 5.56 Å². The van der Waals surface area contributed by atoms with E-state index in [1.54, 1.807) is 0 Å². The van der Waals surface area contributed by atoms with Gasteiger partial charge in [0, 0.05) is 18.5 Å². The SMILES string of the molecule is CCCCC(C(=O)NC1CCNCC1c1ccccc1)c1ccccc1. The van der Waals surface area contributed by atoms with Crippen LogP contribution in [0, 0.1) is 0 Å². The molecule has 2 aromatic carbocycles. The first-order valence-corrected chi connectivity index (χ1v) is 9.90. The zero-order valence-electron chi connectivity index (χ0n) is 15.7. The fraction of sp³-hybridized carbons (Fsp3) is 0.435. The summed E-state index contributed by atoms with van der Waals surface area (Å²) in [5, 5.41) is 6.88. The van der Waals surface area contributed by atoms with Crippen LogP contribution in [0.3, 0.4) is 0 Å². The number of hydrogen-bond acceptors (Lipinski definition) is 2. The topological polar surface area (TPSA) is 41.1 Å². The molecule has 2 aromatic rings. The highest BCUT2D eigenvalue weighted by molar-refractivity contribution is 5.84. The minimum Gasteiger partial charge on any atom is -0.352 e. The third kappa shape index (κ3) is 4.73. The first-order valence-electron chi connectivity index (χ1n) is 9.90. The van der Waals surface area contributed by atoms with Gasteiger partial charge in [-0.15, -0.1) is 0 Å². The Morgan fingerprint density at radius 1 is 1.12 bits per heavy atom. The van der Waals surface area contributed by atoms with Gasteiger partial charge in [0.05, 0.1) is 5.92 Å². The predicted molar refractivity (Wildman–Crippen MR) is 107 cm³/mol. The highest BCUT2D eigenvalue weighted by Crippen LogP contribution is 2.27. The quantitative estimate of drug-likeness (QED) is 0.785. The molecule has 1 saturated heterocycles. The summed E-state index contributed by atoms with van der Waals surface area (Å²) in [7, 11) is 0. The fourth-order valence-corrected chi connectivity index (χ4v) is 3.91. The zero-order valence-corrected chi connectivity index (χ0v) is 15.7. The van der Waals surface area contributed by atoms with Crippen molar-refractivity contribution in [2.75, 3.05) is 13.1 Å². The Kier molecular flexibility index (Phi) is 6.84. The summed E-state index contributed by atoms with van der Waals surface area (Å²) >= 11 is 0. The van der Waals surface area contributed by atoms with E-state index in [-0.39, 0.29) is 17.9 Å². The number of carbonyl (C=O) groups excluding carboxylic acids is 1. The highest BCUT2D eigenvalue weighted by atomic mass is 16.1. The number of carbonyl (C=O) groups is 1. The standard InChI is InChI=1S/C23H30N2O/c1-2-3-14-20(18-10-6-4-7-11-18)23(26)25-22-15-16-24-17-21(22)19-12-8-5-9-13-19/h4-13,20-22,24H,2-3,14-17H2,1H3,(H,25,26). The van der Waals surface area contributed by atoms with Crippen LogP contribution < -0.4 is 10.6 Å². The molecular weight excluding hydrogens is 320 g/mol. The predicted octanol–water partition coefficient (Wildman–Crippen LogP) is 4.22. The number of nitrogens with one attached hydrogen (secondary N) is 2.